The Morgan fingerprint density at radius 1 is 1.44 bits per heavy atom. The number of carbonyl (C=O) groups is 1. The summed E-state index contributed by atoms with van der Waals surface area (Å²) in [6.45, 7) is 0. The lowest BCUT2D eigenvalue weighted by Crippen LogP contribution is -2.07. The summed E-state index contributed by atoms with van der Waals surface area (Å²) >= 11 is 3.21. The number of rotatable bonds is 3. The molecular weight excluding hydrogens is 264 g/mol. The largest absolute Gasteiger partial charge is 0.298 e. The number of amides is 1. The lowest BCUT2D eigenvalue weighted by molar-refractivity contribution is -0.111. The molecule has 0 spiro atoms. The third-order valence-electron chi connectivity index (χ3n) is 2.77. The molecule has 92 valence electrons. The van der Waals surface area contributed by atoms with E-state index in [2.05, 4.69) is 10.3 Å². The number of hydrogen-bond donors (Lipinski definition) is 1. The molecule has 0 bridgehead atoms. The molecule has 2 aromatic rings. The Kier molecular flexibility index (Phi) is 3.25. The molecule has 5 heteroatoms. The van der Waals surface area contributed by atoms with Crippen molar-refractivity contribution >= 4 is 39.8 Å². The Morgan fingerprint density at radius 3 is 3.17 bits per heavy atom. The van der Waals surface area contributed by atoms with Gasteiger partial charge < -0.3 is 0 Å². The minimum Gasteiger partial charge on any atom is -0.298 e. The van der Waals surface area contributed by atoms with E-state index >= 15 is 0 Å². The van der Waals surface area contributed by atoms with Crippen molar-refractivity contribution in [3.63, 3.8) is 0 Å². The van der Waals surface area contributed by atoms with Gasteiger partial charge >= 0.3 is 0 Å². The summed E-state index contributed by atoms with van der Waals surface area (Å²) in [6.07, 6.45) is 6.72. The standard InChI is InChI=1S/C13H12N2OS2/c16-12(7-6-9-3-2-8-17-9)15-13-14-10-4-1-5-11(10)18-13/h2-3,6-8H,1,4-5H2,(H,14,15,16). The molecule has 0 saturated heterocycles. The lowest BCUT2D eigenvalue weighted by atomic mass is 10.4. The summed E-state index contributed by atoms with van der Waals surface area (Å²) in [6, 6.07) is 3.94. The minimum absolute atomic E-state index is 0.115. The highest BCUT2D eigenvalue weighted by Gasteiger charge is 2.17. The van der Waals surface area contributed by atoms with Gasteiger partial charge in [-0.2, -0.15) is 0 Å². The maximum atomic E-state index is 11.7. The van der Waals surface area contributed by atoms with Crippen LogP contribution >= 0.6 is 22.7 Å². The van der Waals surface area contributed by atoms with Crippen LogP contribution in [-0.2, 0) is 17.6 Å². The molecular formula is C13H12N2OS2. The molecule has 0 unspecified atom stereocenters. The molecule has 0 saturated carbocycles. The van der Waals surface area contributed by atoms with Gasteiger partial charge in [-0.15, -0.1) is 22.7 Å². The van der Waals surface area contributed by atoms with Crippen molar-refractivity contribution in [2.24, 2.45) is 0 Å². The van der Waals surface area contributed by atoms with E-state index in [-0.39, 0.29) is 5.91 Å². The molecule has 1 amide bonds. The number of aryl methyl sites for hydroxylation is 2. The van der Waals surface area contributed by atoms with Crippen LogP contribution in [0.4, 0.5) is 5.13 Å². The topological polar surface area (TPSA) is 42.0 Å². The summed E-state index contributed by atoms with van der Waals surface area (Å²) in [5, 5.41) is 5.53. The highest BCUT2D eigenvalue weighted by molar-refractivity contribution is 7.16. The lowest BCUT2D eigenvalue weighted by Gasteiger charge is -1.95. The van der Waals surface area contributed by atoms with E-state index in [4.69, 9.17) is 0 Å². The molecule has 1 aliphatic carbocycles. The van der Waals surface area contributed by atoms with Crippen LogP contribution in [0.2, 0.25) is 0 Å². The molecule has 0 fully saturated rings. The molecule has 1 N–H and O–H groups in total. The maximum absolute atomic E-state index is 11.7. The first-order valence-electron chi connectivity index (χ1n) is 5.82. The van der Waals surface area contributed by atoms with E-state index in [1.807, 2.05) is 23.6 Å². The average molecular weight is 276 g/mol. The van der Waals surface area contributed by atoms with Gasteiger partial charge in [0, 0.05) is 15.8 Å². The van der Waals surface area contributed by atoms with Crippen molar-refractivity contribution in [3.8, 4) is 0 Å². The molecule has 3 nitrogen and oxygen atoms in total. The van der Waals surface area contributed by atoms with Crippen molar-refractivity contribution in [1.82, 2.24) is 4.98 Å². The zero-order chi connectivity index (χ0) is 12.4. The first-order chi connectivity index (χ1) is 8.81. The van der Waals surface area contributed by atoms with E-state index in [1.54, 1.807) is 28.7 Å². The molecule has 3 rings (SSSR count). The second-order valence-corrected chi connectivity index (χ2v) is 6.14. The van der Waals surface area contributed by atoms with E-state index in [0.29, 0.717) is 0 Å². The van der Waals surface area contributed by atoms with Crippen LogP contribution in [0.5, 0.6) is 0 Å². The quantitative estimate of drug-likeness (QED) is 0.874. The molecule has 18 heavy (non-hydrogen) atoms. The summed E-state index contributed by atoms with van der Waals surface area (Å²) in [4.78, 5) is 18.5. The second-order valence-electron chi connectivity index (χ2n) is 4.08. The number of hydrogen-bond acceptors (Lipinski definition) is 4. The van der Waals surface area contributed by atoms with Gasteiger partial charge in [0.25, 0.3) is 0 Å². The fraction of sp³-hybridized carbons (Fsp3) is 0.231. The Bertz CT molecular complexity index is 563. The van der Waals surface area contributed by atoms with Gasteiger partial charge in [0.15, 0.2) is 5.13 Å². The van der Waals surface area contributed by atoms with Gasteiger partial charge in [-0.3, -0.25) is 10.1 Å². The van der Waals surface area contributed by atoms with Gasteiger partial charge in [-0.25, -0.2) is 4.98 Å². The number of nitrogens with zero attached hydrogens (tertiary/aromatic N) is 1. The molecule has 0 radical (unpaired) electrons. The zero-order valence-corrected chi connectivity index (χ0v) is 11.3. The summed E-state index contributed by atoms with van der Waals surface area (Å²) in [5.41, 5.74) is 1.16. The van der Waals surface area contributed by atoms with Gasteiger partial charge in [0.1, 0.15) is 0 Å². The first kappa shape index (κ1) is 11.6. The number of thiophene rings is 1. The van der Waals surface area contributed by atoms with E-state index in [0.717, 1.165) is 28.5 Å². The van der Waals surface area contributed by atoms with Crippen LogP contribution in [0.15, 0.2) is 23.6 Å². The summed E-state index contributed by atoms with van der Waals surface area (Å²) < 4.78 is 0. The smallest absolute Gasteiger partial charge is 0.250 e. The fourth-order valence-electron chi connectivity index (χ4n) is 1.93. The molecule has 0 atom stereocenters. The molecule has 1 aliphatic rings. The zero-order valence-electron chi connectivity index (χ0n) is 9.68. The fourth-order valence-corrected chi connectivity index (χ4v) is 3.61. The van der Waals surface area contributed by atoms with Crippen molar-refractivity contribution in [1.29, 1.82) is 0 Å². The van der Waals surface area contributed by atoms with Crippen LogP contribution in [0, 0.1) is 0 Å². The molecule has 2 heterocycles. The highest BCUT2D eigenvalue weighted by Crippen LogP contribution is 2.30. The van der Waals surface area contributed by atoms with Crippen LogP contribution in [0.3, 0.4) is 0 Å². The number of carbonyl (C=O) groups excluding carboxylic acids is 1. The number of nitrogens with one attached hydrogen (secondary N) is 1. The molecule has 0 aromatic carbocycles. The van der Waals surface area contributed by atoms with E-state index < -0.39 is 0 Å². The predicted molar refractivity (Wildman–Crippen MR) is 76.1 cm³/mol. The minimum atomic E-state index is -0.115. The Morgan fingerprint density at radius 2 is 2.39 bits per heavy atom. The normalized spacial score (nSPS) is 14.0. The van der Waals surface area contributed by atoms with Crippen LogP contribution < -0.4 is 5.32 Å². The van der Waals surface area contributed by atoms with Gasteiger partial charge in [0.2, 0.25) is 5.91 Å². The van der Waals surface area contributed by atoms with Crippen molar-refractivity contribution in [2.45, 2.75) is 19.3 Å². The van der Waals surface area contributed by atoms with Crippen molar-refractivity contribution < 1.29 is 4.79 Å². The average Bonchev–Trinajstić information content (AvgIpc) is 3.01. The van der Waals surface area contributed by atoms with Gasteiger partial charge in [-0.1, -0.05) is 6.07 Å². The molecule has 2 aromatic heterocycles. The number of thiazole rings is 1. The van der Waals surface area contributed by atoms with Gasteiger partial charge in [-0.05, 0) is 36.8 Å². The van der Waals surface area contributed by atoms with Crippen LogP contribution in [0.25, 0.3) is 6.08 Å². The van der Waals surface area contributed by atoms with Gasteiger partial charge in [0.05, 0.1) is 5.69 Å². The van der Waals surface area contributed by atoms with Crippen LogP contribution in [-0.4, -0.2) is 10.9 Å². The highest BCUT2D eigenvalue weighted by atomic mass is 32.1. The number of fused-ring (bicyclic) bond motifs is 1. The van der Waals surface area contributed by atoms with Crippen molar-refractivity contribution in [3.05, 3.63) is 39.0 Å². The monoisotopic (exact) mass is 276 g/mol. The van der Waals surface area contributed by atoms with E-state index in [9.17, 15) is 4.79 Å². The molecule has 0 aliphatic heterocycles. The number of anilines is 1. The SMILES string of the molecule is O=C(C=Cc1cccs1)Nc1nc2c(s1)CCC2. The second kappa shape index (κ2) is 5.04. The first-order valence-corrected chi connectivity index (χ1v) is 7.52. The third kappa shape index (κ3) is 2.52. The Balaban J connectivity index is 1.63. The Hall–Kier alpha value is -1.46. The van der Waals surface area contributed by atoms with Crippen LogP contribution in [0.1, 0.15) is 21.9 Å². The van der Waals surface area contributed by atoms with Crippen molar-refractivity contribution in [2.75, 3.05) is 5.32 Å². The Labute approximate surface area is 113 Å². The third-order valence-corrected chi connectivity index (χ3v) is 4.68. The number of aromatic nitrogens is 1. The van der Waals surface area contributed by atoms with E-state index in [1.165, 1.54) is 11.3 Å². The summed E-state index contributed by atoms with van der Waals surface area (Å²) in [5.74, 6) is -0.115. The summed E-state index contributed by atoms with van der Waals surface area (Å²) in [7, 11) is 0. The maximum Gasteiger partial charge on any atom is 0.250 e. The predicted octanol–water partition coefficient (Wildman–Crippen LogP) is 3.35.